The number of amides is 4. The number of aromatic nitrogens is 1. The Bertz CT molecular complexity index is 1920. The van der Waals surface area contributed by atoms with Crippen LogP contribution in [0.5, 0.6) is 5.75 Å². The molecule has 0 spiro atoms. The number of rotatable bonds is 7. The van der Waals surface area contributed by atoms with E-state index in [9.17, 15) is 18.8 Å². The molecule has 4 amide bonds. The lowest BCUT2D eigenvalue weighted by Crippen LogP contribution is -2.44. The van der Waals surface area contributed by atoms with Crippen LogP contribution in [0.25, 0.3) is 10.9 Å². The predicted molar refractivity (Wildman–Crippen MR) is 164 cm³/mol. The first kappa shape index (κ1) is 27.4. The summed E-state index contributed by atoms with van der Waals surface area (Å²) in [4.78, 5) is 48.2. The molecule has 44 heavy (non-hydrogen) atoms. The molecular weight excluding hydrogens is 559 g/mol. The minimum Gasteiger partial charge on any atom is -0.497 e. The Morgan fingerprint density at radius 1 is 0.977 bits per heavy atom. The highest BCUT2D eigenvalue weighted by atomic mass is 19.1. The van der Waals surface area contributed by atoms with Crippen molar-refractivity contribution in [1.29, 1.82) is 0 Å². The van der Waals surface area contributed by atoms with Gasteiger partial charge in [-0.3, -0.25) is 14.5 Å². The average molecular weight is 589 g/mol. The van der Waals surface area contributed by atoms with Crippen LogP contribution in [0.2, 0.25) is 0 Å². The van der Waals surface area contributed by atoms with E-state index in [2.05, 4.69) is 10.3 Å². The summed E-state index contributed by atoms with van der Waals surface area (Å²) in [7, 11) is 1.59. The summed E-state index contributed by atoms with van der Waals surface area (Å²) in [6.07, 6.45) is 0.840. The number of imide groups is 1. The van der Waals surface area contributed by atoms with Crippen LogP contribution < -0.4 is 15.0 Å². The molecule has 0 bridgehead atoms. The Morgan fingerprint density at radius 3 is 2.57 bits per heavy atom. The normalized spacial score (nSPS) is 17.5. The predicted octanol–water partition coefficient (Wildman–Crippen LogP) is 5.77. The van der Waals surface area contributed by atoms with Crippen molar-refractivity contribution in [1.82, 2.24) is 15.2 Å². The van der Waals surface area contributed by atoms with Crippen molar-refractivity contribution in [3.63, 3.8) is 0 Å². The lowest BCUT2D eigenvalue weighted by molar-refractivity contribution is -0.120. The van der Waals surface area contributed by atoms with Gasteiger partial charge in [-0.2, -0.15) is 0 Å². The van der Waals surface area contributed by atoms with Crippen molar-refractivity contribution < 1.29 is 23.5 Å². The van der Waals surface area contributed by atoms with Crippen LogP contribution in [-0.2, 0) is 17.6 Å². The molecule has 1 fully saturated rings. The minimum absolute atomic E-state index is 0.218. The van der Waals surface area contributed by atoms with Crippen LogP contribution in [0.4, 0.5) is 14.9 Å². The van der Waals surface area contributed by atoms with Crippen molar-refractivity contribution in [3.8, 4) is 5.75 Å². The average Bonchev–Trinajstić information content (AvgIpc) is 3.54. The molecule has 1 saturated heterocycles. The largest absolute Gasteiger partial charge is 0.497 e. The van der Waals surface area contributed by atoms with Crippen LogP contribution in [0, 0.1) is 5.82 Å². The SMILES string of the molecule is COc1cccc(C2c3[nH]c4ccccc4c3C[C@H]3C(=O)N(c4ccccc4C(=O)NCCc4ccc(F)cc4)C(=O)N23)c1. The standard InChI is InChI=1S/C35H29FN4O4/c1-44-24-8-6-7-22(19-24)32-31-27(25-9-2-4-11-28(25)38-31)20-30-34(42)40(35(43)39(30)32)29-12-5-3-10-26(29)33(41)37-18-17-21-13-15-23(36)16-14-21/h2-16,19,30,32,38H,17-18,20H2,1H3,(H,37,41)/t30-,32?/m0/s1. The number of hydrogen-bond acceptors (Lipinski definition) is 4. The fraction of sp³-hybridized carbons (Fsp3) is 0.171. The van der Waals surface area contributed by atoms with E-state index in [1.54, 1.807) is 48.4 Å². The number of nitrogens with one attached hydrogen (secondary N) is 2. The number of carbonyl (C=O) groups is 3. The molecule has 220 valence electrons. The molecule has 5 aromatic rings. The highest BCUT2D eigenvalue weighted by Crippen LogP contribution is 2.45. The zero-order chi connectivity index (χ0) is 30.4. The third-order valence-electron chi connectivity index (χ3n) is 8.46. The van der Waals surface area contributed by atoms with Gasteiger partial charge in [0.1, 0.15) is 23.7 Å². The summed E-state index contributed by atoms with van der Waals surface area (Å²) >= 11 is 0. The number of anilines is 1. The number of urea groups is 1. The maximum atomic E-state index is 14.3. The molecule has 0 saturated carbocycles. The maximum absolute atomic E-state index is 14.3. The number of ether oxygens (including phenoxy) is 1. The van der Waals surface area contributed by atoms with Gasteiger partial charge in [-0.15, -0.1) is 0 Å². The summed E-state index contributed by atoms with van der Waals surface area (Å²) in [6, 6.07) is 26.3. The summed E-state index contributed by atoms with van der Waals surface area (Å²) in [5.74, 6) is -0.476. The van der Waals surface area contributed by atoms with E-state index >= 15 is 0 Å². The van der Waals surface area contributed by atoms with Crippen LogP contribution in [0.3, 0.4) is 0 Å². The molecule has 0 radical (unpaired) electrons. The number of fused-ring (bicyclic) bond motifs is 4. The fourth-order valence-electron chi connectivity index (χ4n) is 6.38. The molecule has 2 N–H and O–H groups in total. The molecule has 1 aromatic heterocycles. The molecule has 3 heterocycles. The molecule has 4 aromatic carbocycles. The molecule has 2 aliphatic rings. The Kier molecular flexibility index (Phi) is 6.85. The summed E-state index contributed by atoms with van der Waals surface area (Å²) in [5.41, 5.74) is 4.91. The quantitative estimate of drug-likeness (QED) is 0.236. The zero-order valence-electron chi connectivity index (χ0n) is 23.9. The second-order valence-corrected chi connectivity index (χ2v) is 11.0. The van der Waals surface area contributed by atoms with Gasteiger partial charge in [0, 0.05) is 29.6 Å². The van der Waals surface area contributed by atoms with Gasteiger partial charge in [-0.1, -0.05) is 54.6 Å². The van der Waals surface area contributed by atoms with Gasteiger partial charge < -0.3 is 15.0 Å². The van der Waals surface area contributed by atoms with Gasteiger partial charge in [0.2, 0.25) is 0 Å². The number of H-pyrrole nitrogens is 1. The van der Waals surface area contributed by atoms with Crippen LogP contribution in [-0.4, -0.2) is 47.4 Å². The van der Waals surface area contributed by atoms with E-state index in [0.717, 1.165) is 38.2 Å². The molecular formula is C35H29FN4O4. The van der Waals surface area contributed by atoms with E-state index in [0.29, 0.717) is 25.1 Å². The van der Waals surface area contributed by atoms with Gasteiger partial charge in [-0.25, -0.2) is 14.1 Å². The fourth-order valence-corrected chi connectivity index (χ4v) is 6.38. The number of nitrogens with zero attached hydrogens (tertiary/aromatic N) is 2. The molecule has 2 aliphatic heterocycles. The van der Waals surface area contributed by atoms with Crippen LogP contribution >= 0.6 is 0 Å². The summed E-state index contributed by atoms with van der Waals surface area (Å²) in [5, 5.41) is 3.89. The zero-order valence-corrected chi connectivity index (χ0v) is 23.9. The molecule has 0 aliphatic carbocycles. The van der Waals surface area contributed by atoms with Gasteiger partial charge in [0.15, 0.2) is 0 Å². The number of halogens is 1. The number of methoxy groups -OCH3 is 1. The topological polar surface area (TPSA) is 94.7 Å². The number of carbonyl (C=O) groups excluding carboxylic acids is 3. The van der Waals surface area contributed by atoms with Crippen molar-refractivity contribution in [2.75, 3.05) is 18.6 Å². The van der Waals surface area contributed by atoms with Crippen molar-refractivity contribution in [2.45, 2.75) is 24.9 Å². The smallest absolute Gasteiger partial charge is 0.332 e. The van der Waals surface area contributed by atoms with E-state index in [1.807, 2.05) is 48.5 Å². The van der Waals surface area contributed by atoms with Gasteiger partial charge in [0.05, 0.1) is 18.4 Å². The van der Waals surface area contributed by atoms with Gasteiger partial charge in [-0.05, 0) is 65.6 Å². The van der Waals surface area contributed by atoms with E-state index < -0.39 is 24.0 Å². The summed E-state index contributed by atoms with van der Waals surface area (Å²) < 4.78 is 18.8. The van der Waals surface area contributed by atoms with Gasteiger partial charge >= 0.3 is 6.03 Å². The molecule has 1 unspecified atom stereocenters. The molecule has 7 rings (SSSR count). The van der Waals surface area contributed by atoms with E-state index in [4.69, 9.17) is 4.74 Å². The van der Waals surface area contributed by atoms with Gasteiger partial charge in [0.25, 0.3) is 11.8 Å². The van der Waals surface area contributed by atoms with Crippen molar-refractivity contribution >= 4 is 34.4 Å². The lowest BCUT2D eigenvalue weighted by atomic mass is 9.89. The lowest BCUT2D eigenvalue weighted by Gasteiger charge is -2.36. The Balaban J connectivity index is 1.24. The Morgan fingerprint density at radius 2 is 1.75 bits per heavy atom. The first-order chi connectivity index (χ1) is 21.4. The third kappa shape index (κ3) is 4.57. The minimum atomic E-state index is -0.764. The monoisotopic (exact) mass is 588 g/mol. The van der Waals surface area contributed by atoms with E-state index in [-0.39, 0.29) is 23.0 Å². The number of aromatic amines is 1. The number of hydrogen-bond donors (Lipinski definition) is 2. The second-order valence-electron chi connectivity index (χ2n) is 11.0. The van der Waals surface area contributed by atoms with Crippen LogP contribution in [0.15, 0.2) is 97.1 Å². The number of benzene rings is 4. The molecule has 9 heteroatoms. The maximum Gasteiger partial charge on any atom is 0.332 e. The third-order valence-corrected chi connectivity index (χ3v) is 8.46. The number of para-hydroxylation sites is 2. The molecule has 8 nitrogen and oxygen atoms in total. The second kappa shape index (κ2) is 11.0. The molecule has 2 atom stereocenters. The van der Waals surface area contributed by atoms with Crippen molar-refractivity contribution in [3.05, 3.63) is 131 Å². The highest BCUT2D eigenvalue weighted by molar-refractivity contribution is 6.24. The van der Waals surface area contributed by atoms with E-state index in [1.165, 1.54) is 12.1 Å². The first-order valence-corrected chi connectivity index (χ1v) is 14.5. The Labute approximate surface area is 253 Å². The van der Waals surface area contributed by atoms with Crippen molar-refractivity contribution in [2.24, 2.45) is 0 Å². The highest BCUT2D eigenvalue weighted by Gasteiger charge is 2.53. The van der Waals surface area contributed by atoms with Crippen LogP contribution in [0.1, 0.15) is 38.8 Å². The Hall–Kier alpha value is -5.44. The summed E-state index contributed by atoms with van der Waals surface area (Å²) in [6.45, 7) is 0.301. The first-order valence-electron chi connectivity index (χ1n) is 14.5.